The van der Waals surface area contributed by atoms with E-state index in [0.717, 1.165) is 32.1 Å². The first-order valence-corrected chi connectivity index (χ1v) is 5.73. The van der Waals surface area contributed by atoms with Crippen molar-refractivity contribution in [2.75, 3.05) is 0 Å². The van der Waals surface area contributed by atoms with Crippen LogP contribution in [-0.2, 0) is 9.47 Å². The van der Waals surface area contributed by atoms with E-state index >= 15 is 0 Å². The summed E-state index contributed by atoms with van der Waals surface area (Å²) in [6.07, 6.45) is 4.50. The fourth-order valence-electron chi connectivity index (χ4n) is 2.53. The van der Waals surface area contributed by atoms with E-state index in [1.807, 2.05) is 6.92 Å². The Hall–Kier alpha value is -0.120. The summed E-state index contributed by atoms with van der Waals surface area (Å²) in [7, 11) is 0. The molecule has 4 atom stereocenters. The molecule has 0 aromatic carbocycles. The largest absolute Gasteiger partial charge is 0.387 e. The van der Waals surface area contributed by atoms with Crippen LogP contribution in [0.4, 0.5) is 0 Å². The van der Waals surface area contributed by atoms with Crippen LogP contribution >= 0.6 is 0 Å². The standard InChI is InChI=1S/C11H20O3/c1-3-5-9-13-8-6-7-11(12,4-2)10(8)14-9/h8-10,12H,3-7H2,1-2H3/t8-,9+,10+,11+/m1/s1. The lowest BCUT2D eigenvalue weighted by molar-refractivity contribution is -0.124. The van der Waals surface area contributed by atoms with Crippen molar-refractivity contribution in [3.8, 4) is 0 Å². The maximum Gasteiger partial charge on any atom is 0.158 e. The molecule has 0 aromatic heterocycles. The van der Waals surface area contributed by atoms with Crippen molar-refractivity contribution in [3.63, 3.8) is 0 Å². The molecule has 0 unspecified atom stereocenters. The summed E-state index contributed by atoms with van der Waals surface area (Å²) < 4.78 is 11.5. The molecule has 2 fully saturated rings. The van der Waals surface area contributed by atoms with Gasteiger partial charge in [0.1, 0.15) is 6.10 Å². The molecule has 1 saturated carbocycles. The van der Waals surface area contributed by atoms with E-state index in [4.69, 9.17) is 9.47 Å². The Kier molecular flexibility index (Phi) is 2.82. The minimum Gasteiger partial charge on any atom is -0.387 e. The van der Waals surface area contributed by atoms with E-state index < -0.39 is 5.60 Å². The van der Waals surface area contributed by atoms with Crippen LogP contribution < -0.4 is 0 Å². The molecule has 0 bridgehead atoms. The van der Waals surface area contributed by atoms with Crippen LogP contribution in [0.5, 0.6) is 0 Å². The van der Waals surface area contributed by atoms with Gasteiger partial charge in [-0.1, -0.05) is 20.3 Å². The van der Waals surface area contributed by atoms with Gasteiger partial charge in [-0.05, 0) is 25.7 Å². The molecule has 0 radical (unpaired) electrons. The average Bonchev–Trinajstić information content (AvgIpc) is 2.69. The van der Waals surface area contributed by atoms with Crippen LogP contribution in [0.25, 0.3) is 0 Å². The van der Waals surface area contributed by atoms with Crippen LogP contribution in [0, 0.1) is 0 Å². The Morgan fingerprint density at radius 3 is 2.79 bits per heavy atom. The van der Waals surface area contributed by atoms with Gasteiger partial charge in [-0.25, -0.2) is 0 Å². The molecule has 3 heteroatoms. The molecule has 1 aliphatic heterocycles. The van der Waals surface area contributed by atoms with Crippen LogP contribution in [0.1, 0.15) is 46.0 Å². The third-order valence-electron chi connectivity index (χ3n) is 3.49. The fourth-order valence-corrected chi connectivity index (χ4v) is 2.53. The molecule has 1 saturated heterocycles. The van der Waals surface area contributed by atoms with E-state index in [2.05, 4.69) is 6.92 Å². The van der Waals surface area contributed by atoms with Gasteiger partial charge in [-0.15, -0.1) is 0 Å². The van der Waals surface area contributed by atoms with Gasteiger partial charge in [0.2, 0.25) is 0 Å². The van der Waals surface area contributed by atoms with Gasteiger partial charge in [0.05, 0.1) is 11.7 Å². The Bertz CT molecular complexity index is 207. The van der Waals surface area contributed by atoms with Crippen molar-refractivity contribution < 1.29 is 14.6 Å². The van der Waals surface area contributed by atoms with Gasteiger partial charge >= 0.3 is 0 Å². The molecule has 2 aliphatic rings. The molecule has 0 spiro atoms. The first-order chi connectivity index (χ1) is 6.69. The molecule has 3 nitrogen and oxygen atoms in total. The van der Waals surface area contributed by atoms with E-state index in [0.29, 0.717) is 0 Å². The minimum absolute atomic E-state index is 0.0756. The lowest BCUT2D eigenvalue weighted by Crippen LogP contribution is -2.40. The summed E-state index contributed by atoms with van der Waals surface area (Å²) in [5.74, 6) is 0. The number of hydrogen-bond acceptors (Lipinski definition) is 3. The van der Waals surface area contributed by atoms with Crippen LogP contribution in [-0.4, -0.2) is 29.2 Å². The van der Waals surface area contributed by atoms with Gasteiger partial charge in [-0.3, -0.25) is 0 Å². The summed E-state index contributed by atoms with van der Waals surface area (Å²) in [5.41, 5.74) is -0.632. The third kappa shape index (κ3) is 1.58. The van der Waals surface area contributed by atoms with E-state index in [1.165, 1.54) is 0 Å². The monoisotopic (exact) mass is 200 g/mol. The lowest BCUT2D eigenvalue weighted by atomic mass is 9.96. The predicted octanol–water partition coefficient (Wildman–Crippen LogP) is 1.83. The third-order valence-corrected chi connectivity index (χ3v) is 3.49. The Balaban J connectivity index is 1.99. The quantitative estimate of drug-likeness (QED) is 0.755. The average molecular weight is 200 g/mol. The maximum absolute atomic E-state index is 10.3. The molecule has 14 heavy (non-hydrogen) atoms. The molecule has 1 N–H and O–H groups in total. The van der Waals surface area contributed by atoms with Crippen molar-refractivity contribution in [2.45, 2.75) is 70.1 Å². The fraction of sp³-hybridized carbons (Fsp3) is 1.00. The zero-order chi connectivity index (χ0) is 10.2. The Morgan fingerprint density at radius 2 is 2.14 bits per heavy atom. The second-order valence-corrected chi connectivity index (χ2v) is 4.45. The van der Waals surface area contributed by atoms with Crippen LogP contribution in [0.2, 0.25) is 0 Å². The highest BCUT2D eigenvalue weighted by Crippen LogP contribution is 2.42. The topological polar surface area (TPSA) is 38.7 Å². The van der Waals surface area contributed by atoms with Gasteiger partial charge in [0.15, 0.2) is 6.29 Å². The summed E-state index contributed by atoms with van der Waals surface area (Å²) in [4.78, 5) is 0. The van der Waals surface area contributed by atoms with Gasteiger partial charge < -0.3 is 14.6 Å². The molecule has 1 aliphatic carbocycles. The molecular formula is C11H20O3. The Morgan fingerprint density at radius 1 is 1.36 bits per heavy atom. The van der Waals surface area contributed by atoms with E-state index in [1.54, 1.807) is 0 Å². The second kappa shape index (κ2) is 3.80. The molecule has 82 valence electrons. The predicted molar refractivity (Wildman–Crippen MR) is 52.9 cm³/mol. The number of ether oxygens (including phenoxy) is 2. The summed E-state index contributed by atoms with van der Waals surface area (Å²) in [6, 6.07) is 0. The molecular weight excluding hydrogens is 180 g/mol. The zero-order valence-electron chi connectivity index (χ0n) is 9.03. The molecule has 1 heterocycles. The van der Waals surface area contributed by atoms with Crippen LogP contribution in [0.3, 0.4) is 0 Å². The Labute approximate surface area is 85.4 Å². The van der Waals surface area contributed by atoms with Crippen molar-refractivity contribution in [3.05, 3.63) is 0 Å². The molecule has 2 rings (SSSR count). The highest BCUT2D eigenvalue weighted by Gasteiger charge is 2.52. The maximum atomic E-state index is 10.3. The van der Waals surface area contributed by atoms with Crippen molar-refractivity contribution in [2.24, 2.45) is 0 Å². The van der Waals surface area contributed by atoms with Gasteiger partial charge in [0, 0.05) is 0 Å². The first kappa shape index (κ1) is 10.4. The van der Waals surface area contributed by atoms with Gasteiger partial charge in [-0.2, -0.15) is 0 Å². The van der Waals surface area contributed by atoms with Crippen LogP contribution in [0.15, 0.2) is 0 Å². The smallest absolute Gasteiger partial charge is 0.158 e. The van der Waals surface area contributed by atoms with E-state index in [9.17, 15) is 5.11 Å². The van der Waals surface area contributed by atoms with Crippen molar-refractivity contribution >= 4 is 0 Å². The summed E-state index contributed by atoms with van der Waals surface area (Å²) >= 11 is 0. The number of hydrogen-bond donors (Lipinski definition) is 1. The first-order valence-electron chi connectivity index (χ1n) is 5.73. The SMILES string of the molecule is CCC[C@H]1O[C@@H]2CC[C@@](O)(CC)[C@H]2O1. The van der Waals surface area contributed by atoms with Crippen molar-refractivity contribution in [1.82, 2.24) is 0 Å². The summed E-state index contributed by atoms with van der Waals surface area (Å²) in [6.45, 7) is 4.13. The van der Waals surface area contributed by atoms with Gasteiger partial charge in [0.25, 0.3) is 0 Å². The van der Waals surface area contributed by atoms with E-state index in [-0.39, 0.29) is 18.5 Å². The lowest BCUT2D eigenvalue weighted by Gasteiger charge is -2.26. The van der Waals surface area contributed by atoms with Crippen molar-refractivity contribution in [1.29, 1.82) is 0 Å². The summed E-state index contributed by atoms with van der Waals surface area (Å²) in [5, 5.41) is 10.3. The molecule has 0 amide bonds. The highest BCUT2D eigenvalue weighted by molar-refractivity contribution is 5.01. The molecule has 0 aromatic rings. The second-order valence-electron chi connectivity index (χ2n) is 4.45. The minimum atomic E-state index is -0.632. The number of aliphatic hydroxyl groups is 1. The normalized spacial score (nSPS) is 46.9. The number of rotatable bonds is 3. The zero-order valence-corrected chi connectivity index (χ0v) is 9.03. The highest BCUT2D eigenvalue weighted by atomic mass is 16.7. The number of fused-ring (bicyclic) bond motifs is 1.